The second kappa shape index (κ2) is 6.02. The van der Waals surface area contributed by atoms with Gasteiger partial charge in [-0.1, -0.05) is 35.5 Å². The van der Waals surface area contributed by atoms with E-state index < -0.39 is 0 Å². The van der Waals surface area contributed by atoms with Crippen LogP contribution in [0.1, 0.15) is 0 Å². The first-order valence-electron chi connectivity index (χ1n) is 5.69. The molecule has 0 saturated heterocycles. The molecule has 100 valence electrons. The van der Waals surface area contributed by atoms with E-state index in [9.17, 15) is 0 Å². The Morgan fingerprint density at radius 1 is 0.950 bits per heavy atom. The molecule has 1 aromatic heterocycles. The predicted octanol–water partition coefficient (Wildman–Crippen LogP) is 5.96. The maximum atomic E-state index is 5.95. The van der Waals surface area contributed by atoms with Gasteiger partial charge in [-0.15, -0.1) is 0 Å². The Hall–Kier alpha value is -0.620. The van der Waals surface area contributed by atoms with Crippen LogP contribution >= 0.6 is 55.2 Å². The van der Waals surface area contributed by atoms with Gasteiger partial charge in [0, 0.05) is 14.4 Å². The molecule has 0 spiro atoms. The van der Waals surface area contributed by atoms with Gasteiger partial charge >= 0.3 is 0 Å². The van der Waals surface area contributed by atoms with Gasteiger partial charge in [0.1, 0.15) is 9.63 Å². The van der Waals surface area contributed by atoms with Crippen LogP contribution in [-0.2, 0) is 0 Å². The Bertz CT molecular complexity index is 795. The first kappa shape index (κ1) is 14.3. The summed E-state index contributed by atoms with van der Waals surface area (Å²) < 4.78 is 1.68. The Morgan fingerprint density at radius 3 is 2.35 bits per heavy atom. The minimum atomic E-state index is 0.699. The number of halogens is 3. The first-order chi connectivity index (χ1) is 9.63. The second-order valence-corrected chi connectivity index (χ2v) is 7.06. The van der Waals surface area contributed by atoms with E-state index in [1.54, 1.807) is 0 Å². The number of para-hydroxylation sites is 2. The van der Waals surface area contributed by atoms with E-state index in [2.05, 4.69) is 41.8 Å². The molecule has 1 heterocycles. The molecule has 3 aromatic rings. The Balaban J connectivity index is 2.03. The van der Waals surface area contributed by atoms with Crippen LogP contribution in [0.4, 0.5) is 0 Å². The summed E-state index contributed by atoms with van der Waals surface area (Å²) in [5.74, 6) is 0. The molecule has 0 aliphatic carbocycles. The molecule has 0 amide bonds. The summed E-state index contributed by atoms with van der Waals surface area (Å²) in [5, 5.41) is 1.52. The SMILES string of the molecule is Clc1ccc(Sc2nc3ccccc3nc2Br)c(Br)c1. The summed E-state index contributed by atoms with van der Waals surface area (Å²) in [6.07, 6.45) is 0. The number of aromatic nitrogens is 2. The van der Waals surface area contributed by atoms with Gasteiger partial charge < -0.3 is 0 Å². The van der Waals surface area contributed by atoms with Crippen molar-refractivity contribution in [1.29, 1.82) is 0 Å². The third kappa shape index (κ3) is 3.01. The monoisotopic (exact) mass is 428 g/mol. The lowest BCUT2D eigenvalue weighted by atomic mass is 10.3. The zero-order valence-electron chi connectivity index (χ0n) is 9.98. The van der Waals surface area contributed by atoms with E-state index in [1.807, 2.05) is 42.5 Å². The number of rotatable bonds is 2. The van der Waals surface area contributed by atoms with Crippen molar-refractivity contribution in [2.75, 3.05) is 0 Å². The van der Waals surface area contributed by atoms with Crippen molar-refractivity contribution in [2.45, 2.75) is 9.92 Å². The second-order valence-electron chi connectivity index (χ2n) is 3.99. The van der Waals surface area contributed by atoms with Gasteiger partial charge in [0.05, 0.1) is 11.0 Å². The van der Waals surface area contributed by atoms with E-state index in [0.717, 1.165) is 30.0 Å². The van der Waals surface area contributed by atoms with Crippen LogP contribution in [-0.4, -0.2) is 9.97 Å². The molecule has 0 bridgehead atoms. The van der Waals surface area contributed by atoms with Gasteiger partial charge in [-0.25, -0.2) is 9.97 Å². The van der Waals surface area contributed by atoms with Gasteiger partial charge in [0.25, 0.3) is 0 Å². The number of hydrogen-bond donors (Lipinski definition) is 0. The van der Waals surface area contributed by atoms with Crippen LogP contribution in [0, 0.1) is 0 Å². The number of hydrogen-bond acceptors (Lipinski definition) is 3. The molecular formula is C14H7Br2ClN2S. The van der Waals surface area contributed by atoms with Crippen LogP contribution in [0.15, 0.2) is 61.5 Å². The summed E-state index contributed by atoms with van der Waals surface area (Å²) in [5.41, 5.74) is 1.75. The van der Waals surface area contributed by atoms with Crippen molar-refractivity contribution >= 4 is 66.3 Å². The highest BCUT2D eigenvalue weighted by Gasteiger charge is 2.10. The van der Waals surface area contributed by atoms with Gasteiger partial charge in [0.2, 0.25) is 0 Å². The van der Waals surface area contributed by atoms with Crippen LogP contribution < -0.4 is 0 Å². The first-order valence-corrected chi connectivity index (χ1v) is 8.47. The third-order valence-electron chi connectivity index (χ3n) is 2.60. The maximum Gasteiger partial charge on any atom is 0.139 e. The molecule has 0 saturated carbocycles. The van der Waals surface area contributed by atoms with Crippen molar-refractivity contribution in [2.24, 2.45) is 0 Å². The largest absolute Gasteiger partial charge is 0.237 e. The molecule has 0 fully saturated rings. The molecule has 2 nitrogen and oxygen atoms in total. The third-order valence-corrected chi connectivity index (χ3v) is 5.62. The van der Waals surface area contributed by atoms with Gasteiger partial charge in [0.15, 0.2) is 0 Å². The van der Waals surface area contributed by atoms with Crippen molar-refractivity contribution in [3.8, 4) is 0 Å². The van der Waals surface area contributed by atoms with E-state index >= 15 is 0 Å². The fourth-order valence-electron chi connectivity index (χ4n) is 1.69. The lowest BCUT2D eigenvalue weighted by Crippen LogP contribution is -1.89. The summed E-state index contributed by atoms with van der Waals surface area (Å²) in [4.78, 5) is 10.2. The number of fused-ring (bicyclic) bond motifs is 1. The van der Waals surface area contributed by atoms with Crippen LogP contribution in [0.25, 0.3) is 11.0 Å². The molecule has 3 rings (SSSR count). The highest BCUT2D eigenvalue weighted by molar-refractivity contribution is 9.10. The summed E-state index contributed by atoms with van der Waals surface area (Å²) in [7, 11) is 0. The quantitative estimate of drug-likeness (QED) is 0.502. The van der Waals surface area contributed by atoms with Crippen molar-refractivity contribution in [3.05, 3.63) is 56.6 Å². The van der Waals surface area contributed by atoms with Gasteiger partial charge in [-0.05, 0) is 62.2 Å². The fraction of sp³-hybridized carbons (Fsp3) is 0. The van der Waals surface area contributed by atoms with E-state index in [1.165, 1.54) is 11.8 Å². The summed E-state index contributed by atoms with van der Waals surface area (Å²) in [6.45, 7) is 0. The Morgan fingerprint density at radius 2 is 1.65 bits per heavy atom. The molecule has 0 aliphatic heterocycles. The summed E-state index contributed by atoms with van der Waals surface area (Å²) in [6, 6.07) is 13.5. The van der Waals surface area contributed by atoms with E-state index in [4.69, 9.17) is 11.6 Å². The number of nitrogens with zero attached hydrogens (tertiary/aromatic N) is 2. The molecule has 0 unspecified atom stereocenters. The standard InChI is InChI=1S/C14H7Br2ClN2S/c15-9-7-8(17)5-6-12(9)20-14-13(16)18-10-3-1-2-4-11(10)19-14/h1-7H. The smallest absolute Gasteiger partial charge is 0.139 e. The van der Waals surface area contributed by atoms with Gasteiger partial charge in [-0.3, -0.25) is 0 Å². The number of benzene rings is 2. The fourth-order valence-corrected chi connectivity index (χ4v) is 3.91. The van der Waals surface area contributed by atoms with Crippen LogP contribution in [0.5, 0.6) is 0 Å². The average Bonchev–Trinajstić information content (AvgIpc) is 2.42. The lowest BCUT2D eigenvalue weighted by molar-refractivity contribution is 1.08. The summed E-state index contributed by atoms with van der Waals surface area (Å²) >= 11 is 14.5. The molecule has 0 radical (unpaired) electrons. The predicted molar refractivity (Wildman–Crippen MR) is 90.5 cm³/mol. The maximum absolute atomic E-state index is 5.95. The molecule has 20 heavy (non-hydrogen) atoms. The van der Waals surface area contributed by atoms with E-state index in [0.29, 0.717) is 5.02 Å². The molecule has 2 aromatic carbocycles. The Kier molecular flexibility index (Phi) is 4.31. The normalized spacial score (nSPS) is 10.9. The highest BCUT2D eigenvalue weighted by atomic mass is 79.9. The van der Waals surface area contributed by atoms with Crippen LogP contribution in [0.3, 0.4) is 0 Å². The molecule has 0 aliphatic rings. The molecule has 6 heteroatoms. The zero-order chi connectivity index (χ0) is 14.1. The minimum absolute atomic E-state index is 0.699. The average molecular weight is 431 g/mol. The van der Waals surface area contributed by atoms with E-state index in [-0.39, 0.29) is 0 Å². The highest BCUT2D eigenvalue weighted by Crippen LogP contribution is 2.37. The van der Waals surface area contributed by atoms with Crippen molar-refractivity contribution in [3.63, 3.8) is 0 Å². The van der Waals surface area contributed by atoms with Crippen molar-refractivity contribution in [1.82, 2.24) is 9.97 Å². The lowest BCUT2D eigenvalue weighted by Gasteiger charge is -2.07. The minimum Gasteiger partial charge on any atom is -0.237 e. The topological polar surface area (TPSA) is 25.8 Å². The Labute approximate surface area is 142 Å². The van der Waals surface area contributed by atoms with Gasteiger partial charge in [-0.2, -0.15) is 0 Å². The molecular weight excluding hydrogens is 423 g/mol. The zero-order valence-corrected chi connectivity index (χ0v) is 14.7. The molecule has 0 atom stereocenters. The van der Waals surface area contributed by atoms with Crippen LogP contribution in [0.2, 0.25) is 5.02 Å². The van der Waals surface area contributed by atoms with Crippen molar-refractivity contribution < 1.29 is 0 Å². The molecule has 0 N–H and O–H groups in total.